The van der Waals surface area contributed by atoms with E-state index in [1.165, 1.54) is 18.4 Å². The standard InChI is InChI=1S/C14H17NO6S/c1-4-20-13(17)10(14(18)21-5-2)8-15-11-9(6-7-22-11)12(16)19-3/h6-8,15H,4-5H2,1-3H3. The van der Waals surface area contributed by atoms with E-state index < -0.39 is 17.9 Å². The van der Waals surface area contributed by atoms with Crippen molar-refractivity contribution in [3.8, 4) is 0 Å². The van der Waals surface area contributed by atoms with Gasteiger partial charge in [0.1, 0.15) is 5.00 Å². The first-order valence-electron chi connectivity index (χ1n) is 6.51. The minimum atomic E-state index is -0.801. The van der Waals surface area contributed by atoms with Crippen molar-refractivity contribution in [2.75, 3.05) is 25.6 Å². The van der Waals surface area contributed by atoms with Gasteiger partial charge in [-0.3, -0.25) is 0 Å². The fraction of sp³-hybridized carbons (Fsp3) is 0.357. The van der Waals surface area contributed by atoms with Crippen LogP contribution in [0.2, 0.25) is 0 Å². The Bertz CT molecular complexity index is 558. The second kappa shape index (κ2) is 8.83. The Hall–Kier alpha value is -2.35. The molecule has 8 heteroatoms. The van der Waals surface area contributed by atoms with Gasteiger partial charge in [0, 0.05) is 6.20 Å². The number of anilines is 1. The molecular formula is C14H17NO6S. The summed E-state index contributed by atoms with van der Waals surface area (Å²) in [6.45, 7) is 3.51. The van der Waals surface area contributed by atoms with E-state index in [0.717, 1.165) is 6.20 Å². The number of thiophene rings is 1. The van der Waals surface area contributed by atoms with Gasteiger partial charge in [0.2, 0.25) is 0 Å². The molecule has 1 heterocycles. The third-order valence-corrected chi connectivity index (χ3v) is 3.25. The Balaban J connectivity index is 2.98. The van der Waals surface area contributed by atoms with Crippen LogP contribution in [0.3, 0.4) is 0 Å². The lowest BCUT2D eigenvalue weighted by molar-refractivity contribution is -0.146. The number of methoxy groups -OCH3 is 1. The Morgan fingerprint density at radius 3 is 2.27 bits per heavy atom. The average Bonchev–Trinajstić information content (AvgIpc) is 2.95. The molecule has 0 aromatic carbocycles. The van der Waals surface area contributed by atoms with Gasteiger partial charge in [-0.1, -0.05) is 0 Å². The molecule has 0 saturated carbocycles. The van der Waals surface area contributed by atoms with Gasteiger partial charge in [-0.2, -0.15) is 0 Å². The molecule has 0 unspecified atom stereocenters. The first kappa shape index (κ1) is 17.7. The van der Waals surface area contributed by atoms with Gasteiger partial charge in [-0.15, -0.1) is 11.3 Å². The predicted octanol–water partition coefficient (Wildman–Crippen LogP) is 1.96. The van der Waals surface area contributed by atoms with E-state index in [2.05, 4.69) is 10.1 Å². The Morgan fingerprint density at radius 1 is 1.18 bits per heavy atom. The molecule has 0 spiro atoms. The first-order chi connectivity index (χ1) is 10.5. The minimum absolute atomic E-state index is 0.127. The van der Waals surface area contributed by atoms with Crippen LogP contribution >= 0.6 is 11.3 Å². The van der Waals surface area contributed by atoms with Crippen LogP contribution in [0.1, 0.15) is 24.2 Å². The third-order valence-electron chi connectivity index (χ3n) is 2.41. The minimum Gasteiger partial charge on any atom is -0.465 e. The topological polar surface area (TPSA) is 90.9 Å². The van der Waals surface area contributed by atoms with Crippen molar-refractivity contribution in [2.24, 2.45) is 0 Å². The predicted molar refractivity (Wildman–Crippen MR) is 80.6 cm³/mol. The maximum absolute atomic E-state index is 11.8. The summed E-state index contributed by atoms with van der Waals surface area (Å²) in [6, 6.07) is 1.57. The van der Waals surface area contributed by atoms with E-state index in [1.54, 1.807) is 25.3 Å². The fourth-order valence-electron chi connectivity index (χ4n) is 1.45. The number of nitrogens with one attached hydrogen (secondary N) is 1. The summed E-state index contributed by atoms with van der Waals surface area (Å²) in [5.74, 6) is -2.12. The number of ether oxygens (including phenoxy) is 3. The number of carbonyl (C=O) groups is 3. The molecule has 0 amide bonds. The molecular weight excluding hydrogens is 310 g/mol. The average molecular weight is 327 g/mol. The molecule has 1 aromatic heterocycles. The zero-order valence-electron chi connectivity index (χ0n) is 12.5. The molecule has 0 bridgehead atoms. The van der Waals surface area contributed by atoms with Gasteiger partial charge in [0.25, 0.3) is 0 Å². The van der Waals surface area contributed by atoms with E-state index in [0.29, 0.717) is 10.6 Å². The maximum atomic E-state index is 11.8. The summed E-state index contributed by atoms with van der Waals surface area (Å²) in [6.07, 6.45) is 1.16. The second-order valence-electron chi connectivity index (χ2n) is 3.80. The molecule has 0 aliphatic rings. The van der Waals surface area contributed by atoms with Gasteiger partial charge < -0.3 is 19.5 Å². The molecule has 120 valence electrons. The van der Waals surface area contributed by atoms with E-state index in [-0.39, 0.29) is 18.8 Å². The highest BCUT2D eigenvalue weighted by Gasteiger charge is 2.21. The molecule has 7 nitrogen and oxygen atoms in total. The van der Waals surface area contributed by atoms with Crippen molar-refractivity contribution in [3.05, 3.63) is 28.8 Å². The Kier molecular flexibility index (Phi) is 7.11. The molecule has 0 aliphatic carbocycles. The van der Waals surface area contributed by atoms with Crippen molar-refractivity contribution in [2.45, 2.75) is 13.8 Å². The van der Waals surface area contributed by atoms with Crippen LogP contribution in [0.25, 0.3) is 0 Å². The third kappa shape index (κ3) is 4.59. The zero-order chi connectivity index (χ0) is 16.5. The summed E-state index contributed by atoms with van der Waals surface area (Å²) in [5, 5.41) is 4.86. The summed E-state index contributed by atoms with van der Waals surface area (Å²) in [7, 11) is 1.27. The van der Waals surface area contributed by atoms with Crippen LogP contribution in [0.5, 0.6) is 0 Å². The lowest BCUT2D eigenvalue weighted by Crippen LogP contribution is -2.19. The quantitative estimate of drug-likeness (QED) is 0.269. The molecule has 0 atom stereocenters. The SMILES string of the molecule is CCOC(=O)C(=CNc1sccc1C(=O)OC)C(=O)OCC. The highest BCUT2D eigenvalue weighted by atomic mass is 32.1. The van der Waals surface area contributed by atoms with Crippen molar-refractivity contribution in [1.29, 1.82) is 0 Å². The molecule has 0 fully saturated rings. The number of hydrogen-bond acceptors (Lipinski definition) is 8. The van der Waals surface area contributed by atoms with Gasteiger partial charge >= 0.3 is 17.9 Å². The van der Waals surface area contributed by atoms with E-state index in [9.17, 15) is 14.4 Å². The Morgan fingerprint density at radius 2 is 1.77 bits per heavy atom. The summed E-state index contributed by atoms with van der Waals surface area (Å²) >= 11 is 1.22. The van der Waals surface area contributed by atoms with Crippen molar-refractivity contribution in [3.63, 3.8) is 0 Å². The van der Waals surface area contributed by atoms with Crippen LogP contribution in [0.15, 0.2) is 23.2 Å². The summed E-state index contributed by atoms with van der Waals surface area (Å²) in [5.41, 5.74) is 0.0173. The number of carbonyl (C=O) groups excluding carboxylic acids is 3. The molecule has 1 N–H and O–H groups in total. The highest BCUT2D eigenvalue weighted by molar-refractivity contribution is 7.14. The van der Waals surface area contributed by atoms with Crippen molar-refractivity contribution < 1.29 is 28.6 Å². The first-order valence-corrected chi connectivity index (χ1v) is 7.39. The van der Waals surface area contributed by atoms with Crippen LogP contribution in [-0.4, -0.2) is 38.2 Å². The molecule has 0 saturated heterocycles. The molecule has 1 rings (SSSR count). The number of esters is 3. The Labute approximate surface area is 131 Å². The highest BCUT2D eigenvalue weighted by Crippen LogP contribution is 2.24. The number of hydrogen-bond donors (Lipinski definition) is 1. The van der Waals surface area contributed by atoms with E-state index >= 15 is 0 Å². The van der Waals surface area contributed by atoms with Gasteiger partial charge in [-0.25, -0.2) is 14.4 Å². The van der Waals surface area contributed by atoms with Crippen LogP contribution in [-0.2, 0) is 23.8 Å². The van der Waals surface area contributed by atoms with E-state index in [4.69, 9.17) is 9.47 Å². The van der Waals surface area contributed by atoms with Gasteiger partial charge in [-0.05, 0) is 25.3 Å². The van der Waals surface area contributed by atoms with Gasteiger partial charge in [0.05, 0.1) is 25.9 Å². The fourth-order valence-corrected chi connectivity index (χ4v) is 2.19. The largest absolute Gasteiger partial charge is 0.465 e. The zero-order valence-corrected chi connectivity index (χ0v) is 13.3. The van der Waals surface area contributed by atoms with Crippen molar-refractivity contribution in [1.82, 2.24) is 0 Å². The monoisotopic (exact) mass is 327 g/mol. The normalized spacial score (nSPS) is 9.59. The second-order valence-corrected chi connectivity index (χ2v) is 4.71. The van der Waals surface area contributed by atoms with E-state index in [1.807, 2.05) is 0 Å². The van der Waals surface area contributed by atoms with Crippen molar-refractivity contribution >= 4 is 34.2 Å². The van der Waals surface area contributed by atoms with Gasteiger partial charge in [0.15, 0.2) is 5.57 Å². The molecule has 22 heavy (non-hydrogen) atoms. The molecule has 0 radical (unpaired) electrons. The molecule has 1 aromatic rings. The number of rotatable bonds is 7. The smallest absolute Gasteiger partial charge is 0.347 e. The summed E-state index contributed by atoms with van der Waals surface area (Å²) in [4.78, 5) is 35.1. The van der Waals surface area contributed by atoms with Crippen LogP contribution < -0.4 is 5.32 Å². The summed E-state index contributed by atoms with van der Waals surface area (Å²) < 4.78 is 14.2. The lowest BCUT2D eigenvalue weighted by Gasteiger charge is -2.07. The van der Waals surface area contributed by atoms with Crippen LogP contribution in [0, 0.1) is 0 Å². The molecule has 0 aliphatic heterocycles. The lowest BCUT2D eigenvalue weighted by atomic mass is 10.3. The maximum Gasteiger partial charge on any atom is 0.347 e. The van der Waals surface area contributed by atoms with Crippen LogP contribution in [0.4, 0.5) is 5.00 Å².